The van der Waals surface area contributed by atoms with Crippen molar-refractivity contribution in [1.82, 2.24) is 4.57 Å². The maximum atomic E-state index is 15.1. The van der Waals surface area contributed by atoms with Crippen molar-refractivity contribution >= 4 is 45.7 Å². The van der Waals surface area contributed by atoms with Crippen LogP contribution in [0.3, 0.4) is 0 Å². The monoisotopic (exact) mass is 440 g/mol. The molecule has 9 heteroatoms. The van der Waals surface area contributed by atoms with Crippen LogP contribution in [-0.4, -0.2) is 41.8 Å². The topological polar surface area (TPSA) is 91.8 Å². The molecule has 31 heavy (non-hydrogen) atoms. The lowest BCUT2D eigenvalue weighted by Gasteiger charge is -2.38. The predicted molar refractivity (Wildman–Crippen MR) is 121 cm³/mol. The quantitative estimate of drug-likeness (QED) is 0.604. The number of carboxylic acid groups (broad SMARTS) is 1. The second-order valence-corrected chi connectivity index (χ2v) is 9.09. The normalized spacial score (nSPS) is 18.1. The van der Waals surface area contributed by atoms with E-state index in [0.717, 1.165) is 18.8 Å². The van der Waals surface area contributed by atoms with Gasteiger partial charge in [-0.25, -0.2) is 9.18 Å². The van der Waals surface area contributed by atoms with E-state index in [1.807, 2.05) is 40.7 Å². The van der Waals surface area contributed by atoms with Gasteiger partial charge in [-0.1, -0.05) is 11.8 Å². The highest BCUT2D eigenvalue weighted by molar-refractivity contribution is 8.00. The van der Waals surface area contributed by atoms with Gasteiger partial charge in [-0.3, -0.25) is 4.79 Å². The third-order valence-electron chi connectivity index (χ3n) is 5.97. The van der Waals surface area contributed by atoms with Gasteiger partial charge in [-0.05, 0) is 43.3 Å². The van der Waals surface area contributed by atoms with Gasteiger partial charge < -0.3 is 25.2 Å². The zero-order valence-electron chi connectivity index (χ0n) is 16.8. The maximum Gasteiger partial charge on any atom is 0.342 e. The van der Waals surface area contributed by atoms with E-state index >= 15 is 4.39 Å². The van der Waals surface area contributed by atoms with E-state index in [4.69, 9.17) is 5.73 Å². The molecule has 1 aromatic heterocycles. The average molecular weight is 441 g/mol. The Morgan fingerprint density at radius 1 is 1.13 bits per heavy atom. The van der Waals surface area contributed by atoms with Gasteiger partial charge in [0.2, 0.25) is 5.43 Å². The minimum absolute atomic E-state index is 0.0168. The molecule has 0 amide bonds. The van der Waals surface area contributed by atoms with Crippen molar-refractivity contribution in [2.24, 2.45) is 0 Å². The Morgan fingerprint density at radius 2 is 1.77 bits per heavy atom. The summed E-state index contributed by atoms with van der Waals surface area (Å²) in [6.45, 7) is 4.64. The molecular formula is C22H21FN4O3S. The lowest BCUT2D eigenvalue weighted by Crippen LogP contribution is -2.46. The van der Waals surface area contributed by atoms with E-state index < -0.39 is 17.2 Å². The van der Waals surface area contributed by atoms with Crippen molar-refractivity contribution in [2.45, 2.75) is 17.3 Å². The molecule has 3 N–H and O–H groups in total. The first kappa shape index (κ1) is 19.7. The molecule has 5 rings (SSSR count). The molecule has 0 bridgehead atoms. The molecule has 7 nitrogen and oxygen atoms in total. The van der Waals surface area contributed by atoms with Gasteiger partial charge in [-0.15, -0.1) is 0 Å². The molecule has 0 radical (unpaired) electrons. The van der Waals surface area contributed by atoms with Crippen LogP contribution in [0.1, 0.15) is 22.7 Å². The Morgan fingerprint density at radius 3 is 2.39 bits per heavy atom. The Labute approximate surface area is 181 Å². The van der Waals surface area contributed by atoms with E-state index in [0.29, 0.717) is 35.0 Å². The summed E-state index contributed by atoms with van der Waals surface area (Å²) in [6.07, 6.45) is 0. The van der Waals surface area contributed by atoms with Crippen LogP contribution in [0.25, 0.3) is 10.9 Å². The van der Waals surface area contributed by atoms with Gasteiger partial charge in [0.05, 0.1) is 21.6 Å². The number of hydrogen-bond donors (Lipinski definition) is 2. The molecule has 1 atom stereocenters. The first-order chi connectivity index (χ1) is 14.8. The summed E-state index contributed by atoms with van der Waals surface area (Å²) >= 11 is 1.34. The first-order valence-corrected chi connectivity index (χ1v) is 10.9. The highest BCUT2D eigenvalue weighted by atomic mass is 32.2. The van der Waals surface area contributed by atoms with Crippen molar-refractivity contribution in [3.8, 4) is 0 Å². The van der Waals surface area contributed by atoms with Crippen LogP contribution in [0.5, 0.6) is 0 Å². The summed E-state index contributed by atoms with van der Waals surface area (Å²) < 4.78 is 16.9. The number of halogens is 1. The fraction of sp³-hybridized carbons (Fsp3) is 0.273. The molecule has 0 spiro atoms. The maximum absolute atomic E-state index is 15.1. The zero-order valence-corrected chi connectivity index (χ0v) is 17.7. The number of anilines is 3. The number of carboxylic acids is 1. The van der Waals surface area contributed by atoms with Crippen LogP contribution < -0.4 is 21.0 Å². The SMILES string of the molecule is CC1Sc2c(C(=O)O)c(=O)c3cc(F)c(N4CCN(c5ccc(N)cc5)CC4)cc3n21. The summed E-state index contributed by atoms with van der Waals surface area (Å²) in [5.74, 6) is -1.79. The lowest BCUT2D eigenvalue weighted by atomic mass is 10.1. The molecule has 160 valence electrons. The van der Waals surface area contributed by atoms with Gasteiger partial charge in [0.1, 0.15) is 11.4 Å². The van der Waals surface area contributed by atoms with E-state index in [9.17, 15) is 14.7 Å². The second-order valence-electron chi connectivity index (χ2n) is 7.79. The summed E-state index contributed by atoms with van der Waals surface area (Å²) in [4.78, 5) is 28.5. The number of rotatable bonds is 3. The van der Waals surface area contributed by atoms with Crippen LogP contribution in [0.2, 0.25) is 0 Å². The van der Waals surface area contributed by atoms with Crippen molar-refractivity contribution in [3.63, 3.8) is 0 Å². The van der Waals surface area contributed by atoms with Crippen LogP contribution in [0.15, 0.2) is 46.2 Å². The standard InChI is InChI=1S/C22H21FN4O3S/c1-12-27-17-11-18(16(23)10-15(17)20(28)19(22(29)30)21(27)31-12)26-8-6-25(7-9-26)14-4-2-13(24)3-5-14/h2-5,10-12H,6-9,24H2,1H3,(H,29,30). The number of piperazine rings is 1. The molecule has 3 heterocycles. The summed E-state index contributed by atoms with van der Waals surface area (Å²) in [5.41, 5.74) is 7.66. The van der Waals surface area contributed by atoms with E-state index in [1.165, 1.54) is 17.8 Å². The van der Waals surface area contributed by atoms with Crippen LogP contribution in [0, 0.1) is 5.82 Å². The Hall–Kier alpha value is -3.20. The number of pyridine rings is 1. The molecule has 1 saturated heterocycles. The highest BCUT2D eigenvalue weighted by Crippen LogP contribution is 2.46. The molecule has 0 saturated carbocycles. The van der Waals surface area contributed by atoms with Gasteiger partial charge in [-0.2, -0.15) is 0 Å². The smallest absolute Gasteiger partial charge is 0.342 e. The Balaban J connectivity index is 1.50. The van der Waals surface area contributed by atoms with E-state index in [1.54, 1.807) is 6.07 Å². The van der Waals surface area contributed by atoms with Crippen LogP contribution >= 0.6 is 11.8 Å². The third-order valence-corrected chi connectivity index (χ3v) is 7.14. The fourth-order valence-electron chi connectivity index (χ4n) is 4.36. The predicted octanol–water partition coefficient (Wildman–Crippen LogP) is 3.37. The minimum Gasteiger partial charge on any atom is -0.477 e. The van der Waals surface area contributed by atoms with E-state index in [-0.39, 0.29) is 16.3 Å². The number of nitrogen functional groups attached to an aromatic ring is 1. The number of carbonyl (C=O) groups is 1. The summed E-state index contributed by atoms with van der Waals surface area (Å²) in [5, 5.41) is 10.00. The molecule has 3 aromatic rings. The first-order valence-electron chi connectivity index (χ1n) is 10.0. The number of aromatic nitrogens is 1. The zero-order chi connectivity index (χ0) is 21.9. The van der Waals surface area contributed by atoms with Gasteiger partial charge >= 0.3 is 5.97 Å². The molecule has 2 aromatic carbocycles. The van der Waals surface area contributed by atoms with Crippen LogP contribution in [0.4, 0.5) is 21.5 Å². The van der Waals surface area contributed by atoms with Gasteiger partial charge in [0.25, 0.3) is 0 Å². The van der Waals surface area contributed by atoms with Crippen molar-refractivity contribution in [1.29, 1.82) is 0 Å². The molecule has 2 aliphatic rings. The number of aromatic carboxylic acids is 1. The Bertz CT molecular complexity index is 1270. The van der Waals surface area contributed by atoms with Crippen molar-refractivity contribution in [2.75, 3.05) is 41.7 Å². The van der Waals surface area contributed by atoms with Crippen molar-refractivity contribution < 1.29 is 14.3 Å². The number of thioether (sulfide) groups is 1. The molecular weight excluding hydrogens is 419 g/mol. The van der Waals surface area contributed by atoms with Gasteiger partial charge in [0, 0.05) is 42.9 Å². The molecule has 2 aliphatic heterocycles. The summed E-state index contributed by atoms with van der Waals surface area (Å²) in [6, 6.07) is 10.6. The summed E-state index contributed by atoms with van der Waals surface area (Å²) in [7, 11) is 0. The van der Waals surface area contributed by atoms with Crippen LogP contribution in [-0.2, 0) is 0 Å². The van der Waals surface area contributed by atoms with E-state index in [2.05, 4.69) is 4.90 Å². The number of fused-ring (bicyclic) bond motifs is 3. The lowest BCUT2D eigenvalue weighted by molar-refractivity contribution is 0.0689. The number of nitrogens with zero attached hydrogens (tertiary/aromatic N) is 3. The number of benzene rings is 2. The van der Waals surface area contributed by atoms with Crippen molar-refractivity contribution in [3.05, 3.63) is 58.0 Å². The minimum atomic E-state index is -1.28. The average Bonchev–Trinajstić information content (AvgIpc) is 2.74. The molecule has 1 fully saturated rings. The number of nitrogens with two attached hydrogens (primary N) is 1. The number of hydrogen-bond acceptors (Lipinski definition) is 6. The highest BCUT2D eigenvalue weighted by Gasteiger charge is 2.33. The third kappa shape index (κ3) is 3.11. The second kappa shape index (κ2) is 7.19. The Kier molecular flexibility index (Phi) is 4.58. The largest absolute Gasteiger partial charge is 0.477 e. The molecule has 1 unspecified atom stereocenters. The fourth-order valence-corrected chi connectivity index (χ4v) is 5.51. The van der Waals surface area contributed by atoms with Gasteiger partial charge in [0.15, 0.2) is 0 Å². The molecule has 0 aliphatic carbocycles.